The largest absolute Gasteiger partial charge is 0.379 e. The van der Waals surface area contributed by atoms with Gasteiger partial charge in [-0.05, 0) is 37.3 Å². The van der Waals surface area contributed by atoms with Crippen molar-refractivity contribution in [2.24, 2.45) is 0 Å². The van der Waals surface area contributed by atoms with Crippen LogP contribution in [0.1, 0.15) is 24.2 Å². The van der Waals surface area contributed by atoms with E-state index < -0.39 is 5.54 Å². The number of Topliss-reactive ketones (excluding diaryl/α,β-unsaturated/α-hetero) is 1. The smallest absolute Gasteiger partial charge is 0.182 e. The molecule has 132 valence electrons. The maximum Gasteiger partial charge on any atom is 0.182 e. The zero-order chi connectivity index (χ0) is 17.9. The quantitative estimate of drug-likeness (QED) is 0.588. The number of morpholine rings is 1. The molecular weight excluding hydrogens is 330 g/mol. The second-order valence-electron chi connectivity index (χ2n) is 6.77. The Morgan fingerprint density at radius 2 is 1.68 bits per heavy atom. The molecule has 0 atom stereocenters. The summed E-state index contributed by atoms with van der Waals surface area (Å²) in [6, 6.07) is 16.4. The summed E-state index contributed by atoms with van der Waals surface area (Å²) in [6.45, 7) is 7.02. The lowest BCUT2D eigenvalue weighted by Crippen LogP contribution is -2.54. The van der Waals surface area contributed by atoms with Crippen LogP contribution in [-0.2, 0) is 4.74 Å². The maximum atomic E-state index is 13.0. The van der Waals surface area contributed by atoms with Crippen molar-refractivity contribution < 1.29 is 9.53 Å². The van der Waals surface area contributed by atoms with Crippen LogP contribution in [0.4, 0.5) is 0 Å². The van der Waals surface area contributed by atoms with Gasteiger partial charge in [0.25, 0.3) is 0 Å². The first-order valence-corrected chi connectivity index (χ1v) is 9.87. The Labute approximate surface area is 154 Å². The molecule has 25 heavy (non-hydrogen) atoms. The zero-order valence-corrected chi connectivity index (χ0v) is 15.9. The first-order valence-electron chi connectivity index (χ1n) is 8.65. The fourth-order valence-electron chi connectivity index (χ4n) is 3.30. The molecule has 1 saturated heterocycles. The van der Waals surface area contributed by atoms with Crippen LogP contribution in [-0.4, -0.2) is 48.8 Å². The second kappa shape index (κ2) is 7.73. The van der Waals surface area contributed by atoms with Gasteiger partial charge in [0.05, 0.1) is 18.8 Å². The van der Waals surface area contributed by atoms with E-state index in [0.717, 1.165) is 24.2 Å². The lowest BCUT2D eigenvalue weighted by atomic mass is 9.90. The van der Waals surface area contributed by atoms with Gasteiger partial charge in [-0.1, -0.05) is 42.5 Å². The van der Waals surface area contributed by atoms with Gasteiger partial charge in [-0.15, -0.1) is 11.8 Å². The van der Waals surface area contributed by atoms with Crippen molar-refractivity contribution in [3.8, 4) is 11.1 Å². The monoisotopic (exact) mass is 355 g/mol. The number of hydrogen-bond donors (Lipinski definition) is 0. The van der Waals surface area contributed by atoms with Gasteiger partial charge in [0.15, 0.2) is 5.78 Å². The Morgan fingerprint density at radius 1 is 1.04 bits per heavy atom. The summed E-state index contributed by atoms with van der Waals surface area (Å²) >= 11 is 1.74. The molecule has 1 fully saturated rings. The molecule has 1 heterocycles. The standard InChI is InChI=1S/C21H25NO2S/c1-21(2,22-12-14-24-15-13-22)20(23)17-10-8-16(9-11-17)18-6-4-5-7-19(18)25-3/h4-11H,12-15H2,1-3H3. The molecular formula is C21H25NO2S. The van der Waals surface area contributed by atoms with E-state index in [1.165, 1.54) is 10.5 Å². The SMILES string of the molecule is CSc1ccccc1-c1ccc(C(=O)C(C)(C)N2CCOCC2)cc1. The van der Waals surface area contributed by atoms with Crippen LogP contribution in [0.2, 0.25) is 0 Å². The van der Waals surface area contributed by atoms with Gasteiger partial charge in [0, 0.05) is 23.5 Å². The molecule has 3 rings (SSSR count). The number of carbonyl (C=O) groups is 1. The number of ether oxygens (including phenoxy) is 1. The minimum atomic E-state index is -0.511. The van der Waals surface area contributed by atoms with E-state index >= 15 is 0 Å². The average Bonchev–Trinajstić information content (AvgIpc) is 2.68. The Bertz CT molecular complexity index is 734. The van der Waals surface area contributed by atoms with E-state index in [1.807, 2.05) is 26.0 Å². The molecule has 1 aliphatic heterocycles. The van der Waals surface area contributed by atoms with Crippen LogP contribution in [0.25, 0.3) is 11.1 Å². The van der Waals surface area contributed by atoms with E-state index in [-0.39, 0.29) is 5.78 Å². The molecule has 2 aromatic carbocycles. The van der Waals surface area contributed by atoms with Gasteiger partial charge < -0.3 is 4.74 Å². The first kappa shape index (κ1) is 18.2. The van der Waals surface area contributed by atoms with Gasteiger partial charge >= 0.3 is 0 Å². The number of rotatable bonds is 5. The summed E-state index contributed by atoms with van der Waals surface area (Å²) in [7, 11) is 0. The maximum absolute atomic E-state index is 13.0. The van der Waals surface area contributed by atoms with Crippen molar-refractivity contribution >= 4 is 17.5 Å². The van der Waals surface area contributed by atoms with E-state index in [9.17, 15) is 4.79 Å². The van der Waals surface area contributed by atoms with Crippen LogP contribution in [0, 0.1) is 0 Å². The van der Waals surface area contributed by atoms with Crippen LogP contribution in [0.3, 0.4) is 0 Å². The lowest BCUT2D eigenvalue weighted by molar-refractivity contribution is -0.00429. The Balaban J connectivity index is 1.83. The number of benzene rings is 2. The van der Waals surface area contributed by atoms with Crippen LogP contribution < -0.4 is 0 Å². The molecule has 4 heteroatoms. The Kier molecular flexibility index (Phi) is 5.62. The highest BCUT2D eigenvalue weighted by atomic mass is 32.2. The fourth-order valence-corrected chi connectivity index (χ4v) is 3.92. The third-order valence-corrected chi connectivity index (χ3v) is 5.72. The van der Waals surface area contributed by atoms with E-state index in [0.29, 0.717) is 13.2 Å². The van der Waals surface area contributed by atoms with Crippen molar-refractivity contribution in [3.63, 3.8) is 0 Å². The molecule has 1 aliphatic rings. The topological polar surface area (TPSA) is 29.5 Å². The molecule has 0 unspecified atom stereocenters. The molecule has 0 N–H and O–H groups in total. The molecule has 2 aromatic rings. The van der Waals surface area contributed by atoms with Crippen molar-refractivity contribution in [2.75, 3.05) is 32.6 Å². The molecule has 0 saturated carbocycles. The highest BCUT2D eigenvalue weighted by molar-refractivity contribution is 7.98. The van der Waals surface area contributed by atoms with Gasteiger partial charge in [0.2, 0.25) is 0 Å². The number of carbonyl (C=O) groups excluding carboxylic acids is 1. The number of nitrogens with zero attached hydrogens (tertiary/aromatic N) is 1. The Morgan fingerprint density at radius 3 is 2.32 bits per heavy atom. The van der Waals surface area contributed by atoms with Gasteiger partial charge in [0.1, 0.15) is 0 Å². The van der Waals surface area contributed by atoms with E-state index in [1.54, 1.807) is 11.8 Å². The minimum Gasteiger partial charge on any atom is -0.379 e. The second-order valence-corrected chi connectivity index (χ2v) is 7.61. The molecule has 0 spiro atoms. The predicted molar refractivity (Wildman–Crippen MR) is 104 cm³/mol. The molecule has 0 amide bonds. The van der Waals surface area contributed by atoms with Crippen molar-refractivity contribution in [2.45, 2.75) is 24.3 Å². The van der Waals surface area contributed by atoms with Crippen molar-refractivity contribution in [1.29, 1.82) is 0 Å². The van der Waals surface area contributed by atoms with Gasteiger partial charge in [-0.2, -0.15) is 0 Å². The molecule has 0 bridgehead atoms. The summed E-state index contributed by atoms with van der Waals surface area (Å²) in [5.74, 6) is 0.166. The van der Waals surface area contributed by atoms with Gasteiger partial charge in [-0.25, -0.2) is 0 Å². The normalized spacial score (nSPS) is 16.0. The summed E-state index contributed by atoms with van der Waals surface area (Å²) in [5.41, 5.74) is 2.61. The number of ketones is 1. The zero-order valence-electron chi connectivity index (χ0n) is 15.1. The molecule has 3 nitrogen and oxygen atoms in total. The number of thioether (sulfide) groups is 1. The minimum absolute atomic E-state index is 0.166. The predicted octanol–water partition coefficient (Wildman–Crippen LogP) is 4.37. The highest BCUT2D eigenvalue weighted by Gasteiger charge is 2.35. The molecule has 0 aliphatic carbocycles. The van der Waals surface area contributed by atoms with Crippen molar-refractivity contribution in [3.05, 3.63) is 54.1 Å². The van der Waals surface area contributed by atoms with E-state index in [2.05, 4.69) is 47.6 Å². The third kappa shape index (κ3) is 3.81. The molecule has 0 radical (unpaired) electrons. The molecule has 0 aromatic heterocycles. The van der Waals surface area contributed by atoms with Gasteiger partial charge in [-0.3, -0.25) is 9.69 Å². The lowest BCUT2D eigenvalue weighted by Gasteiger charge is -2.39. The fraction of sp³-hybridized carbons (Fsp3) is 0.381. The number of hydrogen-bond acceptors (Lipinski definition) is 4. The van der Waals surface area contributed by atoms with Crippen LogP contribution in [0.5, 0.6) is 0 Å². The van der Waals surface area contributed by atoms with Crippen molar-refractivity contribution in [1.82, 2.24) is 4.90 Å². The Hall–Kier alpha value is -1.62. The summed E-state index contributed by atoms with van der Waals surface area (Å²) in [4.78, 5) is 16.5. The third-order valence-electron chi connectivity index (χ3n) is 4.92. The van der Waals surface area contributed by atoms with E-state index in [4.69, 9.17) is 4.74 Å². The summed E-state index contributed by atoms with van der Waals surface area (Å²) in [5, 5.41) is 0. The highest BCUT2D eigenvalue weighted by Crippen LogP contribution is 2.31. The average molecular weight is 356 g/mol. The van der Waals surface area contributed by atoms with Crippen LogP contribution in [0.15, 0.2) is 53.4 Å². The summed E-state index contributed by atoms with van der Waals surface area (Å²) in [6.07, 6.45) is 2.08. The van der Waals surface area contributed by atoms with Crippen LogP contribution >= 0.6 is 11.8 Å². The summed E-state index contributed by atoms with van der Waals surface area (Å²) < 4.78 is 5.41. The first-order chi connectivity index (χ1) is 12.0.